The van der Waals surface area contributed by atoms with Gasteiger partial charge in [0, 0.05) is 37.5 Å². The first-order chi connectivity index (χ1) is 13.3. The van der Waals surface area contributed by atoms with Crippen molar-refractivity contribution in [3.05, 3.63) is 58.5 Å². The molecule has 0 aliphatic carbocycles. The number of piperidine rings is 1. The van der Waals surface area contributed by atoms with Gasteiger partial charge < -0.3 is 4.90 Å². The Balaban J connectivity index is 1.69. The molecular formula is C18H19N5O4S. The number of nitro groups is 1. The van der Waals surface area contributed by atoms with Crippen molar-refractivity contribution in [3.63, 3.8) is 0 Å². The third-order valence-electron chi connectivity index (χ3n) is 5.04. The fourth-order valence-electron chi connectivity index (χ4n) is 3.69. The highest BCUT2D eigenvalue weighted by Crippen LogP contribution is 2.35. The van der Waals surface area contributed by atoms with Gasteiger partial charge in [-0.1, -0.05) is 6.07 Å². The maximum Gasteiger partial charge on any atom is 0.293 e. The lowest BCUT2D eigenvalue weighted by Crippen LogP contribution is -2.35. The summed E-state index contributed by atoms with van der Waals surface area (Å²) in [5, 5.41) is 20.1. The van der Waals surface area contributed by atoms with Crippen LogP contribution in [0, 0.1) is 10.1 Å². The van der Waals surface area contributed by atoms with Gasteiger partial charge in [0.15, 0.2) is 15.5 Å². The summed E-state index contributed by atoms with van der Waals surface area (Å²) in [6, 6.07) is 9.78. The Bertz CT molecular complexity index is 1160. The van der Waals surface area contributed by atoms with Crippen LogP contribution in [0.4, 0.5) is 11.4 Å². The number of hydrogen-bond donors (Lipinski definition) is 0. The minimum Gasteiger partial charge on any atom is -0.365 e. The van der Waals surface area contributed by atoms with E-state index in [9.17, 15) is 18.5 Å². The summed E-state index contributed by atoms with van der Waals surface area (Å²) in [5.74, 6) is 0.899. The minimum atomic E-state index is -3.52. The van der Waals surface area contributed by atoms with Gasteiger partial charge in [0.25, 0.3) is 5.69 Å². The van der Waals surface area contributed by atoms with E-state index in [2.05, 4.69) is 10.2 Å². The van der Waals surface area contributed by atoms with Gasteiger partial charge in [0.05, 0.1) is 9.82 Å². The molecule has 3 aromatic rings. The molecule has 2 aromatic heterocycles. The van der Waals surface area contributed by atoms with E-state index < -0.39 is 14.8 Å². The molecule has 4 rings (SSSR count). The maximum atomic E-state index is 11.8. The minimum absolute atomic E-state index is 0.0556. The van der Waals surface area contributed by atoms with Gasteiger partial charge in [-0.25, -0.2) is 8.42 Å². The van der Waals surface area contributed by atoms with Gasteiger partial charge in [0.2, 0.25) is 0 Å². The van der Waals surface area contributed by atoms with E-state index in [1.807, 2.05) is 33.7 Å². The second kappa shape index (κ2) is 6.86. The average Bonchev–Trinajstić information content (AvgIpc) is 3.11. The Hall–Kier alpha value is -3.01. The molecule has 1 unspecified atom stereocenters. The van der Waals surface area contributed by atoms with Crippen LogP contribution in [-0.4, -0.2) is 47.3 Å². The molecule has 0 saturated carbocycles. The summed E-state index contributed by atoms with van der Waals surface area (Å²) in [6.07, 6.45) is 4.70. The quantitative estimate of drug-likeness (QED) is 0.487. The number of nitrogens with zero attached hydrogens (tertiary/aromatic N) is 5. The fourth-order valence-corrected chi connectivity index (χ4v) is 4.33. The fraction of sp³-hybridized carbons (Fsp3) is 0.333. The van der Waals surface area contributed by atoms with Gasteiger partial charge in [-0.15, -0.1) is 10.2 Å². The topological polar surface area (TPSA) is 111 Å². The molecular weight excluding hydrogens is 382 g/mol. The van der Waals surface area contributed by atoms with Crippen LogP contribution in [0.25, 0.3) is 5.65 Å². The molecule has 1 aromatic carbocycles. The first-order valence-corrected chi connectivity index (χ1v) is 10.8. The third-order valence-corrected chi connectivity index (χ3v) is 6.15. The number of aromatic nitrogens is 3. The van der Waals surface area contributed by atoms with E-state index >= 15 is 0 Å². The zero-order valence-electron chi connectivity index (χ0n) is 15.2. The number of rotatable bonds is 4. The zero-order chi connectivity index (χ0) is 19.9. The van der Waals surface area contributed by atoms with Crippen LogP contribution >= 0.6 is 0 Å². The van der Waals surface area contributed by atoms with Crippen LogP contribution < -0.4 is 4.90 Å². The highest BCUT2D eigenvalue weighted by atomic mass is 32.2. The molecule has 146 valence electrons. The van der Waals surface area contributed by atoms with Crippen molar-refractivity contribution in [3.8, 4) is 0 Å². The van der Waals surface area contributed by atoms with Crippen LogP contribution in [0.3, 0.4) is 0 Å². The van der Waals surface area contributed by atoms with Crippen molar-refractivity contribution >= 4 is 26.9 Å². The molecule has 0 radical (unpaired) electrons. The van der Waals surface area contributed by atoms with Gasteiger partial charge in [0.1, 0.15) is 11.5 Å². The van der Waals surface area contributed by atoms with Gasteiger partial charge in [-0.3, -0.25) is 14.5 Å². The number of pyridine rings is 1. The van der Waals surface area contributed by atoms with E-state index in [0.29, 0.717) is 18.8 Å². The van der Waals surface area contributed by atoms with Crippen molar-refractivity contribution in [2.45, 2.75) is 23.7 Å². The maximum absolute atomic E-state index is 11.8. The first-order valence-electron chi connectivity index (χ1n) is 8.88. The smallest absolute Gasteiger partial charge is 0.293 e. The predicted molar refractivity (Wildman–Crippen MR) is 103 cm³/mol. The molecule has 1 atom stereocenters. The molecule has 10 heteroatoms. The van der Waals surface area contributed by atoms with E-state index in [4.69, 9.17) is 0 Å². The molecule has 9 nitrogen and oxygen atoms in total. The summed E-state index contributed by atoms with van der Waals surface area (Å²) < 4.78 is 25.5. The zero-order valence-corrected chi connectivity index (χ0v) is 16.0. The van der Waals surface area contributed by atoms with E-state index in [-0.39, 0.29) is 16.5 Å². The second-order valence-corrected chi connectivity index (χ2v) is 8.97. The lowest BCUT2D eigenvalue weighted by molar-refractivity contribution is -0.384. The largest absolute Gasteiger partial charge is 0.365 e. The Morgan fingerprint density at radius 3 is 2.79 bits per heavy atom. The first kappa shape index (κ1) is 18.4. The molecule has 1 aliphatic rings. The summed E-state index contributed by atoms with van der Waals surface area (Å²) in [5.41, 5.74) is 0.990. The molecule has 0 amide bonds. The number of fused-ring (bicyclic) bond motifs is 1. The summed E-state index contributed by atoms with van der Waals surface area (Å²) in [7, 11) is -3.52. The monoisotopic (exact) mass is 401 g/mol. The predicted octanol–water partition coefficient (Wildman–Crippen LogP) is 2.43. The molecule has 1 aliphatic heterocycles. The lowest BCUT2D eigenvalue weighted by atomic mass is 9.96. The van der Waals surface area contributed by atoms with Crippen LogP contribution in [0.5, 0.6) is 0 Å². The Kier molecular flexibility index (Phi) is 4.50. The van der Waals surface area contributed by atoms with Gasteiger partial charge >= 0.3 is 0 Å². The van der Waals surface area contributed by atoms with Crippen molar-refractivity contribution < 1.29 is 13.3 Å². The Morgan fingerprint density at radius 1 is 1.21 bits per heavy atom. The Labute approximate surface area is 161 Å². The van der Waals surface area contributed by atoms with Crippen LogP contribution in [0.1, 0.15) is 24.6 Å². The molecule has 0 N–H and O–H groups in total. The number of sulfone groups is 1. The van der Waals surface area contributed by atoms with E-state index in [1.165, 1.54) is 12.1 Å². The SMILES string of the molecule is CS(=O)(=O)c1ccc(N2CCCC(c3nnc4ccccn34)C2)c([N+](=O)[O-])c1. The van der Waals surface area contributed by atoms with Crippen molar-refractivity contribution in [2.24, 2.45) is 0 Å². The van der Waals surface area contributed by atoms with E-state index in [1.54, 1.807) is 0 Å². The highest BCUT2D eigenvalue weighted by molar-refractivity contribution is 7.90. The Morgan fingerprint density at radius 2 is 2.04 bits per heavy atom. The van der Waals surface area contributed by atoms with Crippen LogP contribution in [0.15, 0.2) is 47.5 Å². The van der Waals surface area contributed by atoms with Gasteiger partial charge in [-0.05, 0) is 37.1 Å². The molecule has 1 saturated heterocycles. The number of anilines is 1. The van der Waals surface area contributed by atoms with Crippen molar-refractivity contribution in [2.75, 3.05) is 24.2 Å². The molecule has 3 heterocycles. The summed E-state index contributed by atoms with van der Waals surface area (Å²) in [4.78, 5) is 12.9. The molecule has 28 heavy (non-hydrogen) atoms. The third kappa shape index (κ3) is 3.31. The molecule has 1 fully saturated rings. The lowest BCUT2D eigenvalue weighted by Gasteiger charge is -2.33. The summed E-state index contributed by atoms with van der Waals surface area (Å²) >= 11 is 0. The average molecular weight is 401 g/mol. The molecule has 0 spiro atoms. The number of nitro benzene ring substituents is 1. The second-order valence-electron chi connectivity index (χ2n) is 6.95. The number of benzene rings is 1. The van der Waals surface area contributed by atoms with E-state index in [0.717, 1.165) is 36.6 Å². The normalized spacial score (nSPS) is 17.8. The van der Waals surface area contributed by atoms with Gasteiger partial charge in [-0.2, -0.15) is 0 Å². The van der Waals surface area contributed by atoms with Crippen molar-refractivity contribution in [1.29, 1.82) is 0 Å². The standard InChI is InChI=1S/C18H19N5O4S/c1-28(26,27)14-7-8-15(16(11-14)23(24)25)21-9-4-5-13(12-21)18-20-19-17-6-2-3-10-22(17)18/h2-3,6-8,10-11,13H,4-5,9,12H2,1H3. The van der Waals surface area contributed by atoms with Crippen molar-refractivity contribution in [1.82, 2.24) is 14.6 Å². The number of hydrogen-bond acceptors (Lipinski definition) is 7. The highest BCUT2D eigenvalue weighted by Gasteiger charge is 2.29. The van der Waals surface area contributed by atoms with Crippen LogP contribution in [-0.2, 0) is 9.84 Å². The van der Waals surface area contributed by atoms with Crippen LogP contribution in [0.2, 0.25) is 0 Å². The molecule has 0 bridgehead atoms. The summed E-state index contributed by atoms with van der Waals surface area (Å²) in [6.45, 7) is 1.21.